The van der Waals surface area contributed by atoms with E-state index in [2.05, 4.69) is 9.97 Å². The van der Waals surface area contributed by atoms with Crippen LogP contribution in [0.5, 0.6) is 0 Å². The molecule has 0 unspecified atom stereocenters. The van der Waals surface area contributed by atoms with Crippen molar-refractivity contribution in [3.05, 3.63) is 24.3 Å². The topological polar surface area (TPSA) is 42.9 Å². The summed E-state index contributed by atoms with van der Waals surface area (Å²) < 4.78 is 0. The number of halogens is 1. The highest BCUT2D eigenvalue weighted by molar-refractivity contribution is 8.93. The summed E-state index contributed by atoms with van der Waals surface area (Å²) in [5, 5.41) is 0. The first-order valence-electron chi connectivity index (χ1n) is 2.15. The van der Waals surface area contributed by atoms with Crippen LogP contribution in [0.15, 0.2) is 18.5 Å². The molecule has 1 aromatic heterocycles. The van der Waals surface area contributed by atoms with Crippen LogP contribution >= 0.6 is 17.0 Å². The van der Waals surface area contributed by atoms with Gasteiger partial charge in [0.1, 0.15) is 0 Å². The monoisotopic (exact) mass is 188 g/mol. The summed E-state index contributed by atoms with van der Waals surface area (Å²) in [5.41, 5.74) is 0. The highest BCUT2D eigenvalue weighted by Gasteiger charge is 1.83. The average molecular weight is 189 g/mol. The van der Waals surface area contributed by atoms with Crippen molar-refractivity contribution in [2.45, 2.75) is 0 Å². The summed E-state index contributed by atoms with van der Waals surface area (Å²) in [6.07, 6.45) is 3.66. The summed E-state index contributed by atoms with van der Waals surface area (Å²) in [4.78, 5) is 17.1. The molecule has 0 spiro atoms. The van der Waals surface area contributed by atoms with Crippen LogP contribution in [0, 0.1) is 0 Å². The predicted molar refractivity (Wildman–Crippen MR) is 37.7 cm³/mol. The number of carbonyl (C=O) groups is 1. The van der Waals surface area contributed by atoms with Gasteiger partial charge in [-0.15, -0.1) is 17.0 Å². The van der Waals surface area contributed by atoms with Crippen molar-refractivity contribution in [2.24, 2.45) is 0 Å². The molecule has 0 N–H and O–H groups in total. The Kier molecular flexibility index (Phi) is 3.79. The SMILES string of the molecule is Br.O=Cc1ncccn1. The van der Waals surface area contributed by atoms with E-state index in [1.165, 1.54) is 12.4 Å². The van der Waals surface area contributed by atoms with E-state index in [1.807, 2.05) is 0 Å². The molecular formula is C5H5BrN2O. The molecule has 0 aliphatic heterocycles. The zero-order valence-electron chi connectivity index (χ0n) is 4.52. The minimum absolute atomic E-state index is 0. The lowest BCUT2D eigenvalue weighted by Crippen LogP contribution is -1.87. The average Bonchev–Trinajstić information content (AvgIpc) is 1.90. The molecule has 4 heteroatoms. The molecule has 0 atom stereocenters. The highest BCUT2D eigenvalue weighted by Crippen LogP contribution is 1.78. The van der Waals surface area contributed by atoms with Gasteiger partial charge in [-0.25, -0.2) is 9.97 Å². The minimum atomic E-state index is 0. The van der Waals surface area contributed by atoms with E-state index in [4.69, 9.17) is 0 Å². The van der Waals surface area contributed by atoms with E-state index in [0.29, 0.717) is 6.29 Å². The van der Waals surface area contributed by atoms with Gasteiger partial charge in [-0.05, 0) is 6.07 Å². The molecule has 0 fully saturated rings. The Morgan fingerprint density at radius 1 is 1.33 bits per heavy atom. The summed E-state index contributed by atoms with van der Waals surface area (Å²) >= 11 is 0. The third-order valence-corrected chi connectivity index (χ3v) is 0.691. The molecular weight excluding hydrogens is 184 g/mol. The predicted octanol–water partition coefficient (Wildman–Crippen LogP) is 0.867. The Bertz CT molecular complexity index is 178. The van der Waals surface area contributed by atoms with E-state index in [1.54, 1.807) is 6.07 Å². The van der Waals surface area contributed by atoms with Gasteiger partial charge in [0, 0.05) is 12.4 Å². The lowest BCUT2D eigenvalue weighted by atomic mass is 10.6. The Hall–Kier alpha value is -0.770. The molecule has 0 aromatic carbocycles. The second-order valence-corrected chi connectivity index (χ2v) is 1.22. The first-order chi connectivity index (χ1) is 3.93. The van der Waals surface area contributed by atoms with E-state index in [9.17, 15) is 4.79 Å². The van der Waals surface area contributed by atoms with E-state index >= 15 is 0 Å². The smallest absolute Gasteiger partial charge is 0.192 e. The first kappa shape index (κ1) is 8.23. The van der Waals surface area contributed by atoms with Crippen LogP contribution in [0.3, 0.4) is 0 Å². The summed E-state index contributed by atoms with van der Waals surface area (Å²) in [7, 11) is 0. The minimum Gasteiger partial charge on any atom is -0.294 e. The van der Waals surface area contributed by atoms with Gasteiger partial charge in [-0.3, -0.25) is 4.79 Å². The molecule has 1 rings (SSSR count). The van der Waals surface area contributed by atoms with Crippen molar-refractivity contribution < 1.29 is 4.79 Å². The van der Waals surface area contributed by atoms with Crippen molar-refractivity contribution in [3.8, 4) is 0 Å². The Morgan fingerprint density at radius 2 is 1.89 bits per heavy atom. The molecule has 0 saturated carbocycles. The van der Waals surface area contributed by atoms with Crippen LogP contribution in [0.4, 0.5) is 0 Å². The number of rotatable bonds is 1. The van der Waals surface area contributed by atoms with Gasteiger partial charge in [-0.1, -0.05) is 0 Å². The fourth-order valence-electron chi connectivity index (χ4n) is 0.371. The van der Waals surface area contributed by atoms with Crippen LogP contribution in [0.2, 0.25) is 0 Å². The molecule has 0 aliphatic rings. The van der Waals surface area contributed by atoms with Crippen LogP contribution in [-0.2, 0) is 0 Å². The lowest BCUT2D eigenvalue weighted by Gasteiger charge is -1.80. The van der Waals surface area contributed by atoms with Crippen molar-refractivity contribution in [3.63, 3.8) is 0 Å². The molecule has 0 saturated heterocycles. The lowest BCUT2D eigenvalue weighted by molar-refractivity contribution is 0.111. The van der Waals surface area contributed by atoms with Gasteiger partial charge < -0.3 is 0 Å². The molecule has 0 bridgehead atoms. The number of hydrogen-bond donors (Lipinski definition) is 0. The van der Waals surface area contributed by atoms with Crippen LogP contribution in [0.1, 0.15) is 10.6 Å². The van der Waals surface area contributed by atoms with Crippen molar-refractivity contribution >= 4 is 23.3 Å². The van der Waals surface area contributed by atoms with E-state index in [-0.39, 0.29) is 22.8 Å². The Labute approximate surface area is 62.9 Å². The first-order valence-corrected chi connectivity index (χ1v) is 2.15. The number of aromatic nitrogens is 2. The highest BCUT2D eigenvalue weighted by atomic mass is 79.9. The van der Waals surface area contributed by atoms with Gasteiger partial charge in [0.15, 0.2) is 12.1 Å². The molecule has 0 aliphatic carbocycles. The maximum atomic E-state index is 9.88. The second-order valence-electron chi connectivity index (χ2n) is 1.22. The number of hydrogen-bond acceptors (Lipinski definition) is 3. The third-order valence-electron chi connectivity index (χ3n) is 0.691. The molecule has 0 radical (unpaired) electrons. The molecule has 48 valence electrons. The summed E-state index contributed by atoms with van der Waals surface area (Å²) in [6, 6.07) is 1.66. The van der Waals surface area contributed by atoms with E-state index in [0.717, 1.165) is 0 Å². The Morgan fingerprint density at radius 3 is 2.22 bits per heavy atom. The maximum absolute atomic E-state index is 9.88. The molecule has 3 nitrogen and oxygen atoms in total. The number of nitrogens with zero attached hydrogens (tertiary/aromatic N) is 2. The number of aldehydes is 1. The van der Waals surface area contributed by atoms with Gasteiger partial charge in [0.2, 0.25) is 0 Å². The second kappa shape index (κ2) is 4.14. The fraction of sp³-hybridized carbons (Fsp3) is 0. The van der Waals surface area contributed by atoms with Crippen molar-refractivity contribution in [2.75, 3.05) is 0 Å². The third kappa shape index (κ3) is 2.32. The quantitative estimate of drug-likeness (QED) is 0.615. The van der Waals surface area contributed by atoms with Crippen molar-refractivity contribution in [1.29, 1.82) is 0 Å². The largest absolute Gasteiger partial charge is 0.294 e. The van der Waals surface area contributed by atoms with Gasteiger partial charge in [0.25, 0.3) is 0 Å². The van der Waals surface area contributed by atoms with Crippen molar-refractivity contribution in [1.82, 2.24) is 9.97 Å². The standard InChI is InChI=1S/C5H4N2O.BrH/c8-4-5-6-2-1-3-7-5;/h1-4H;1H. The maximum Gasteiger partial charge on any atom is 0.192 e. The zero-order valence-corrected chi connectivity index (χ0v) is 6.23. The van der Waals surface area contributed by atoms with Crippen LogP contribution in [-0.4, -0.2) is 16.3 Å². The summed E-state index contributed by atoms with van der Waals surface area (Å²) in [5.74, 6) is 0.229. The van der Waals surface area contributed by atoms with E-state index < -0.39 is 0 Å². The molecule has 9 heavy (non-hydrogen) atoms. The fourth-order valence-corrected chi connectivity index (χ4v) is 0.371. The summed E-state index contributed by atoms with van der Waals surface area (Å²) in [6.45, 7) is 0. The van der Waals surface area contributed by atoms with Gasteiger partial charge >= 0.3 is 0 Å². The number of carbonyl (C=O) groups excluding carboxylic acids is 1. The van der Waals surface area contributed by atoms with Crippen LogP contribution in [0.25, 0.3) is 0 Å². The normalized spacial score (nSPS) is 7.56. The molecule has 1 aromatic rings. The molecule has 0 amide bonds. The Balaban J connectivity index is 0.000000640. The van der Waals surface area contributed by atoms with Gasteiger partial charge in [-0.2, -0.15) is 0 Å². The zero-order chi connectivity index (χ0) is 5.82. The van der Waals surface area contributed by atoms with Gasteiger partial charge in [0.05, 0.1) is 0 Å². The molecule has 1 heterocycles. The van der Waals surface area contributed by atoms with Crippen LogP contribution < -0.4 is 0 Å².